The zero-order valence-electron chi connectivity index (χ0n) is 11.6. The Morgan fingerprint density at radius 3 is 2.90 bits per heavy atom. The predicted octanol–water partition coefficient (Wildman–Crippen LogP) is 1.84. The minimum absolute atomic E-state index is 0.0522. The molecule has 1 aromatic heterocycles. The largest absolute Gasteiger partial charge is 0.492 e. The van der Waals surface area contributed by atoms with Gasteiger partial charge in [0, 0.05) is 30.4 Å². The third-order valence-corrected chi connectivity index (χ3v) is 3.55. The molecule has 1 aromatic carbocycles. The maximum Gasteiger partial charge on any atom is 0.372 e. The minimum Gasteiger partial charge on any atom is -0.492 e. The molecule has 0 bridgehead atoms. The minimum atomic E-state index is -1.07. The first-order valence-corrected chi connectivity index (χ1v) is 6.91. The van der Waals surface area contributed by atoms with Gasteiger partial charge in [0.1, 0.15) is 12.4 Å². The summed E-state index contributed by atoms with van der Waals surface area (Å²) in [4.78, 5) is 13.3. The summed E-state index contributed by atoms with van der Waals surface area (Å²) in [5.74, 6) is -0.473. The van der Waals surface area contributed by atoms with Gasteiger partial charge < -0.3 is 19.0 Å². The number of hydrogen-bond acceptors (Lipinski definition) is 5. The van der Waals surface area contributed by atoms with Crippen LogP contribution >= 0.6 is 0 Å². The molecule has 1 N–H and O–H groups in total. The van der Waals surface area contributed by atoms with Gasteiger partial charge in [-0.3, -0.25) is 4.90 Å². The fraction of sp³-hybridized carbons (Fsp3) is 0.400. The van der Waals surface area contributed by atoms with Crippen LogP contribution in [0, 0.1) is 0 Å². The molecule has 21 heavy (non-hydrogen) atoms. The average molecular weight is 291 g/mol. The molecule has 1 saturated heterocycles. The fourth-order valence-electron chi connectivity index (χ4n) is 2.39. The van der Waals surface area contributed by atoms with E-state index < -0.39 is 5.97 Å². The first-order valence-electron chi connectivity index (χ1n) is 6.91. The number of nitrogens with zero attached hydrogens (tertiary/aromatic N) is 1. The van der Waals surface area contributed by atoms with E-state index in [-0.39, 0.29) is 5.76 Å². The molecule has 6 heteroatoms. The number of aromatic carboxylic acids is 1. The second kappa shape index (κ2) is 6.15. The highest BCUT2D eigenvalue weighted by Crippen LogP contribution is 2.25. The second-order valence-electron chi connectivity index (χ2n) is 4.92. The van der Waals surface area contributed by atoms with E-state index in [1.54, 1.807) is 12.1 Å². The van der Waals surface area contributed by atoms with E-state index >= 15 is 0 Å². The SMILES string of the molecule is O=C(O)c1occ2ccc(OCCN3CCOCC3)cc12. The van der Waals surface area contributed by atoms with Crippen LogP contribution in [0.15, 0.2) is 28.9 Å². The van der Waals surface area contributed by atoms with Gasteiger partial charge in [-0.05, 0) is 18.2 Å². The number of fused-ring (bicyclic) bond motifs is 1. The van der Waals surface area contributed by atoms with E-state index in [0.29, 0.717) is 17.7 Å². The van der Waals surface area contributed by atoms with E-state index in [2.05, 4.69) is 4.90 Å². The highest BCUT2D eigenvalue weighted by molar-refractivity contribution is 6.01. The zero-order valence-corrected chi connectivity index (χ0v) is 11.6. The topological polar surface area (TPSA) is 72.1 Å². The van der Waals surface area contributed by atoms with Gasteiger partial charge in [0.05, 0.1) is 19.5 Å². The van der Waals surface area contributed by atoms with E-state index in [1.165, 1.54) is 6.26 Å². The molecule has 6 nitrogen and oxygen atoms in total. The summed E-state index contributed by atoms with van der Waals surface area (Å²) in [6, 6.07) is 5.33. The monoisotopic (exact) mass is 291 g/mol. The van der Waals surface area contributed by atoms with Gasteiger partial charge in [-0.1, -0.05) is 0 Å². The van der Waals surface area contributed by atoms with Crippen molar-refractivity contribution in [1.29, 1.82) is 0 Å². The molecule has 0 radical (unpaired) electrons. The molecule has 112 valence electrons. The third-order valence-electron chi connectivity index (χ3n) is 3.55. The third kappa shape index (κ3) is 3.17. The molecular formula is C15H17NO5. The highest BCUT2D eigenvalue weighted by atomic mass is 16.5. The first-order chi connectivity index (χ1) is 10.2. The molecule has 0 amide bonds. The van der Waals surface area contributed by atoms with Crippen molar-refractivity contribution in [3.63, 3.8) is 0 Å². The van der Waals surface area contributed by atoms with Crippen LogP contribution in [-0.4, -0.2) is 55.4 Å². The molecule has 0 unspecified atom stereocenters. The molecule has 2 heterocycles. The van der Waals surface area contributed by atoms with Crippen molar-refractivity contribution < 1.29 is 23.8 Å². The van der Waals surface area contributed by atoms with Crippen molar-refractivity contribution in [2.45, 2.75) is 0 Å². The number of rotatable bonds is 5. The number of ether oxygens (including phenoxy) is 2. The number of furan rings is 1. The standard InChI is InChI=1S/C15H17NO5/c17-15(18)14-13-9-12(2-1-11(13)10-21-14)20-8-5-16-3-6-19-7-4-16/h1-2,9-10H,3-8H2,(H,17,18). The Morgan fingerprint density at radius 2 is 2.14 bits per heavy atom. The van der Waals surface area contributed by atoms with Crippen LogP contribution in [0.25, 0.3) is 10.8 Å². The zero-order chi connectivity index (χ0) is 14.7. The van der Waals surface area contributed by atoms with Crippen LogP contribution in [0.4, 0.5) is 0 Å². The normalized spacial score (nSPS) is 16.2. The Kier molecular flexibility index (Phi) is 4.08. The second-order valence-corrected chi connectivity index (χ2v) is 4.92. The van der Waals surface area contributed by atoms with Crippen LogP contribution in [0.5, 0.6) is 5.75 Å². The van der Waals surface area contributed by atoms with Gasteiger partial charge in [-0.25, -0.2) is 4.79 Å². The van der Waals surface area contributed by atoms with Crippen LogP contribution in [0.3, 0.4) is 0 Å². The van der Waals surface area contributed by atoms with Crippen molar-refractivity contribution >= 4 is 16.7 Å². The number of hydrogen-bond donors (Lipinski definition) is 1. The lowest BCUT2D eigenvalue weighted by molar-refractivity contribution is 0.0322. The molecular weight excluding hydrogens is 274 g/mol. The lowest BCUT2D eigenvalue weighted by Gasteiger charge is -2.26. The number of benzene rings is 1. The molecule has 0 atom stereocenters. The van der Waals surface area contributed by atoms with Crippen molar-refractivity contribution in [2.75, 3.05) is 39.5 Å². The molecule has 0 saturated carbocycles. The average Bonchev–Trinajstić information content (AvgIpc) is 2.92. The van der Waals surface area contributed by atoms with E-state index in [4.69, 9.17) is 19.0 Å². The maximum atomic E-state index is 11.1. The van der Waals surface area contributed by atoms with Gasteiger partial charge in [0.2, 0.25) is 5.76 Å². The van der Waals surface area contributed by atoms with Gasteiger partial charge >= 0.3 is 5.97 Å². The Hall–Kier alpha value is -2.05. The number of morpholine rings is 1. The lowest BCUT2D eigenvalue weighted by atomic mass is 10.2. The fourth-order valence-corrected chi connectivity index (χ4v) is 2.39. The Labute approximate surface area is 121 Å². The van der Waals surface area contributed by atoms with Crippen molar-refractivity contribution in [3.05, 3.63) is 30.2 Å². The van der Waals surface area contributed by atoms with Crippen molar-refractivity contribution in [1.82, 2.24) is 4.90 Å². The Balaban J connectivity index is 1.63. The van der Waals surface area contributed by atoms with Gasteiger partial charge in [0.25, 0.3) is 0 Å². The van der Waals surface area contributed by atoms with Gasteiger partial charge in [0.15, 0.2) is 0 Å². The predicted molar refractivity (Wildman–Crippen MR) is 75.9 cm³/mol. The smallest absolute Gasteiger partial charge is 0.372 e. The van der Waals surface area contributed by atoms with E-state index in [9.17, 15) is 4.79 Å². The van der Waals surface area contributed by atoms with Gasteiger partial charge in [-0.15, -0.1) is 0 Å². The first kappa shape index (κ1) is 13.9. The van der Waals surface area contributed by atoms with E-state index in [0.717, 1.165) is 38.2 Å². The van der Waals surface area contributed by atoms with Gasteiger partial charge in [-0.2, -0.15) is 0 Å². The van der Waals surface area contributed by atoms with Crippen LogP contribution in [0.1, 0.15) is 10.6 Å². The van der Waals surface area contributed by atoms with E-state index in [1.807, 2.05) is 6.07 Å². The quantitative estimate of drug-likeness (QED) is 0.906. The van der Waals surface area contributed by atoms with Crippen LogP contribution in [-0.2, 0) is 4.74 Å². The molecule has 2 aromatic rings. The number of carboxylic acid groups (broad SMARTS) is 1. The number of carbonyl (C=O) groups is 1. The number of carboxylic acids is 1. The Morgan fingerprint density at radius 1 is 1.33 bits per heavy atom. The van der Waals surface area contributed by atoms with Crippen molar-refractivity contribution in [2.24, 2.45) is 0 Å². The molecule has 1 aliphatic heterocycles. The summed E-state index contributed by atoms with van der Waals surface area (Å²) in [6.45, 7) is 4.77. The summed E-state index contributed by atoms with van der Waals surface area (Å²) in [6.07, 6.45) is 1.44. The molecule has 3 rings (SSSR count). The molecule has 0 spiro atoms. The highest BCUT2D eigenvalue weighted by Gasteiger charge is 2.14. The Bertz CT molecular complexity index is 630. The lowest BCUT2D eigenvalue weighted by Crippen LogP contribution is -2.38. The summed E-state index contributed by atoms with van der Waals surface area (Å²) >= 11 is 0. The van der Waals surface area contributed by atoms with Crippen LogP contribution < -0.4 is 4.74 Å². The van der Waals surface area contributed by atoms with Crippen molar-refractivity contribution in [3.8, 4) is 5.75 Å². The van der Waals surface area contributed by atoms with Crippen LogP contribution in [0.2, 0.25) is 0 Å². The summed E-state index contributed by atoms with van der Waals surface area (Å²) in [7, 11) is 0. The maximum absolute atomic E-state index is 11.1. The molecule has 1 aliphatic rings. The molecule has 0 aliphatic carbocycles. The molecule has 1 fully saturated rings. The summed E-state index contributed by atoms with van der Waals surface area (Å²) in [5, 5.41) is 10.4. The summed E-state index contributed by atoms with van der Waals surface area (Å²) in [5.41, 5.74) is 0. The summed E-state index contributed by atoms with van der Waals surface area (Å²) < 4.78 is 16.0.